The summed E-state index contributed by atoms with van der Waals surface area (Å²) in [5.41, 5.74) is 3.14. The van der Waals surface area contributed by atoms with Crippen molar-refractivity contribution in [1.82, 2.24) is 24.8 Å². The van der Waals surface area contributed by atoms with E-state index in [2.05, 4.69) is 24.8 Å². The predicted molar refractivity (Wildman–Crippen MR) is 123 cm³/mol. The summed E-state index contributed by atoms with van der Waals surface area (Å²) in [5, 5.41) is 0. The van der Waals surface area contributed by atoms with E-state index < -0.39 is 0 Å². The van der Waals surface area contributed by atoms with Gasteiger partial charge >= 0.3 is 0 Å². The number of imidazole rings is 1. The zero-order valence-corrected chi connectivity index (χ0v) is 19.0. The summed E-state index contributed by atoms with van der Waals surface area (Å²) < 4.78 is 6.30. The molecule has 1 unspecified atom stereocenters. The first-order valence-electron chi connectivity index (χ1n) is 11.4. The van der Waals surface area contributed by atoms with Crippen molar-refractivity contribution < 1.29 is 14.3 Å². The summed E-state index contributed by atoms with van der Waals surface area (Å²) in [6, 6.07) is 5.83. The van der Waals surface area contributed by atoms with Crippen LogP contribution in [0.1, 0.15) is 41.6 Å². The maximum atomic E-state index is 13.1. The van der Waals surface area contributed by atoms with Crippen molar-refractivity contribution in [2.45, 2.75) is 38.1 Å². The van der Waals surface area contributed by atoms with Crippen LogP contribution in [0.5, 0.6) is 5.75 Å². The molecule has 2 atom stereocenters. The van der Waals surface area contributed by atoms with E-state index in [1.165, 1.54) is 0 Å². The minimum atomic E-state index is -0.262. The van der Waals surface area contributed by atoms with Gasteiger partial charge in [0, 0.05) is 44.1 Å². The number of ether oxygens (including phenoxy) is 1. The number of carbonyl (C=O) groups is 2. The molecule has 1 N–H and O–H groups in total. The summed E-state index contributed by atoms with van der Waals surface area (Å²) in [5.74, 6) is 1.35. The molecule has 2 aromatic heterocycles. The SMILES string of the molecule is CN(C)C(=O)CC1CCc2c(OC[C@H]3CCCN3c3ncnc4[nH]cnc34)cccc2C1=O. The van der Waals surface area contributed by atoms with E-state index in [0.29, 0.717) is 18.6 Å². The molecule has 5 rings (SSSR count). The molecule has 0 saturated carbocycles. The highest BCUT2D eigenvalue weighted by atomic mass is 16.5. The number of hydrogen-bond acceptors (Lipinski definition) is 7. The number of Topliss-reactive ketones (excluding diaryl/α,β-unsaturated/α-hetero) is 1. The van der Waals surface area contributed by atoms with E-state index in [-0.39, 0.29) is 30.1 Å². The van der Waals surface area contributed by atoms with Gasteiger partial charge in [-0.25, -0.2) is 15.0 Å². The van der Waals surface area contributed by atoms with E-state index in [9.17, 15) is 9.59 Å². The third kappa shape index (κ3) is 4.03. The fraction of sp³-hybridized carbons (Fsp3) is 0.458. The van der Waals surface area contributed by atoms with E-state index in [1.54, 1.807) is 31.6 Å². The maximum absolute atomic E-state index is 13.1. The van der Waals surface area contributed by atoms with Crippen LogP contribution in [0.2, 0.25) is 0 Å². The Kier molecular flexibility index (Phi) is 5.70. The Morgan fingerprint density at radius 3 is 2.97 bits per heavy atom. The third-order valence-electron chi connectivity index (χ3n) is 6.71. The number of nitrogens with one attached hydrogen (secondary N) is 1. The van der Waals surface area contributed by atoms with Gasteiger partial charge in [-0.05, 0) is 31.7 Å². The Morgan fingerprint density at radius 2 is 2.12 bits per heavy atom. The lowest BCUT2D eigenvalue weighted by atomic mass is 9.80. The standard InChI is InChI=1S/C24H28N6O3/c1-29(2)20(31)11-15-8-9-17-18(22(15)32)6-3-7-19(17)33-12-16-5-4-10-30(16)24-21-23(26-13-25-21)27-14-28-24/h3,6-7,13-16H,4-5,8-12H2,1-2H3,(H,25,26,27,28)/t15?,16-/m1/s1. The minimum absolute atomic E-state index is 0.0127. The summed E-state index contributed by atoms with van der Waals surface area (Å²) in [4.78, 5) is 45.1. The second-order valence-electron chi connectivity index (χ2n) is 8.97. The number of rotatable bonds is 6. The molecule has 3 heterocycles. The molecule has 1 aromatic carbocycles. The van der Waals surface area contributed by atoms with Crippen molar-refractivity contribution in [3.8, 4) is 5.75 Å². The van der Waals surface area contributed by atoms with Gasteiger partial charge < -0.3 is 19.5 Å². The zero-order chi connectivity index (χ0) is 22.9. The quantitative estimate of drug-likeness (QED) is 0.618. The molecule has 2 aliphatic rings. The number of ketones is 1. The van der Waals surface area contributed by atoms with E-state index in [4.69, 9.17) is 4.74 Å². The van der Waals surface area contributed by atoms with Crippen molar-refractivity contribution in [1.29, 1.82) is 0 Å². The van der Waals surface area contributed by atoms with Gasteiger partial charge in [0.2, 0.25) is 5.91 Å². The number of H-pyrrole nitrogens is 1. The summed E-state index contributed by atoms with van der Waals surface area (Å²) in [6.07, 6.45) is 6.90. The monoisotopic (exact) mass is 448 g/mol. The number of anilines is 1. The average molecular weight is 449 g/mol. The van der Waals surface area contributed by atoms with Crippen molar-refractivity contribution in [2.24, 2.45) is 5.92 Å². The smallest absolute Gasteiger partial charge is 0.222 e. The molecule has 1 fully saturated rings. The minimum Gasteiger partial charge on any atom is -0.491 e. The van der Waals surface area contributed by atoms with Crippen LogP contribution in [0.4, 0.5) is 5.82 Å². The van der Waals surface area contributed by atoms with Crippen LogP contribution >= 0.6 is 0 Å². The normalized spacial score (nSPS) is 20.2. The molecular weight excluding hydrogens is 420 g/mol. The Morgan fingerprint density at radius 1 is 1.24 bits per heavy atom. The Bertz CT molecular complexity index is 1190. The molecule has 0 spiro atoms. The van der Waals surface area contributed by atoms with E-state index in [0.717, 1.165) is 54.1 Å². The maximum Gasteiger partial charge on any atom is 0.222 e. The number of aromatic nitrogens is 4. The first kappa shape index (κ1) is 21.4. The lowest BCUT2D eigenvalue weighted by Crippen LogP contribution is -2.35. The van der Waals surface area contributed by atoms with Gasteiger partial charge in [-0.15, -0.1) is 0 Å². The van der Waals surface area contributed by atoms with Gasteiger partial charge in [0.05, 0.1) is 12.4 Å². The summed E-state index contributed by atoms with van der Waals surface area (Å²) in [7, 11) is 3.45. The second-order valence-corrected chi connectivity index (χ2v) is 8.97. The third-order valence-corrected chi connectivity index (χ3v) is 6.71. The Hall–Kier alpha value is -3.49. The van der Waals surface area contributed by atoms with Crippen molar-refractivity contribution in [3.63, 3.8) is 0 Å². The van der Waals surface area contributed by atoms with E-state index >= 15 is 0 Å². The number of fused-ring (bicyclic) bond motifs is 2. The van der Waals surface area contributed by atoms with Crippen LogP contribution in [-0.4, -0.2) is 69.8 Å². The van der Waals surface area contributed by atoms with Crippen LogP contribution < -0.4 is 9.64 Å². The largest absolute Gasteiger partial charge is 0.491 e. The number of amides is 1. The van der Waals surface area contributed by atoms with Crippen molar-refractivity contribution >= 4 is 28.7 Å². The Labute approximate surface area is 192 Å². The average Bonchev–Trinajstić information content (AvgIpc) is 3.48. The molecule has 1 amide bonds. The van der Waals surface area contributed by atoms with Crippen LogP contribution in [0.3, 0.4) is 0 Å². The number of nitrogens with zero attached hydrogens (tertiary/aromatic N) is 5. The lowest BCUT2D eigenvalue weighted by molar-refractivity contribution is -0.129. The lowest BCUT2D eigenvalue weighted by Gasteiger charge is -2.28. The predicted octanol–water partition coefficient (Wildman–Crippen LogP) is 2.62. The topological polar surface area (TPSA) is 104 Å². The van der Waals surface area contributed by atoms with Crippen LogP contribution in [-0.2, 0) is 11.2 Å². The number of benzene rings is 1. The fourth-order valence-corrected chi connectivity index (χ4v) is 4.88. The first-order valence-corrected chi connectivity index (χ1v) is 11.4. The van der Waals surface area contributed by atoms with Gasteiger partial charge in [-0.1, -0.05) is 12.1 Å². The number of hydrogen-bond donors (Lipinski definition) is 1. The highest BCUT2D eigenvalue weighted by Gasteiger charge is 2.32. The molecule has 1 saturated heterocycles. The highest BCUT2D eigenvalue weighted by Crippen LogP contribution is 2.35. The Balaban J connectivity index is 1.31. The van der Waals surface area contributed by atoms with Gasteiger partial charge in [0.1, 0.15) is 24.2 Å². The highest BCUT2D eigenvalue weighted by molar-refractivity contribution is 6.02. The fourth-order valence-electron chi connectivity index (χ4n) is 4.88. The van der Waals surface area contributed by atoms with Gasteiger partial charge in [0.15, 0.2) is 17.2 Å². The molecule has 33 heavy (non-hydrogen) atoms. The molecule has 1 aliphatic carbocycles. The molecular formula is C24H28N6O3. The molecule has 0 bridgehead atoms. The van der Waals surface area contributed by atoms with Crippen LogP contribution in [0.15, 0.2) is 30.9 Å². The number of carbonyl (C=O) groups excluding carboxylic acids is 2. The molecule has 1 aliphatic heterocycles. The molecule has 172 valence electrons. The molecule has 3 aromatic rings. The van der Waals surface area contributed by atoms with Crippen LogP contribution in [0, 0.1) is 5.92 Å². The van der Waals surface area contributed by atoms with Gasteiger partial charge in [0.25, 0.3) is 0 Å². The molecule has 0 radical (unpaired) electrons. The van der Waals surface area contributed by atoms with Crippen LogP contribution in [0.25, 0.3) is 11.2 Å². The summed E-state index contributed by atoms with van der Waals surface area (Å²) >= 11 is 0. The number of aromatic amines is 1. The van der Waals surface area contributed by atoms with Crippen molar-refractivity contribution in [3.05, 3.63) is 42.0 Å². The molecule has 9 nitrogen and oxygen atoms in total. The van der Waals surface area contributed by atoms with E-state index in [1.807, 2.05) is 18.2 Å². The first-order chi connectivity index (χ1) is 16.0. The van der Waals surface area contributed by atoms with Gasteiger partial charge in [-0.3, -0.25) is 9.59 Å². The van der Waals surface area contributed by atoms with Crippen molar-refractivity contribution in [2.75, 3.05) is 32.1 Å². The van der Waals surface area contributed by atoms with Gasteiger partial charge in [-0.2, -0.15) is 0 Å². The zero-order valence-electron chi connectivity index (χ0n) is 19.0. The second kappa shape index (κ2) is 8.80. The summed E-state index contributed by atoms with van der Waals surface area (Å²) in [6.45, 7) is 1.39. The molecule has 9 heteroatoms.